The SMILES string of the molecule is CCC(=O)C(c1ccccc1)(c1ccccc1)[C@H](C)CN1CCCCCCC1. The minimum absolute atomic E-state index is 0.212. The van der Waals surface area contributed by atoms with Crippen molar-refractivity contribution in [3.05, 3.63) is 71.8 Å². The first-order valence-electron chi connectivity index (χ1n) is 11.1. The van der Waals surface area contributed by atoms with Crippen molar-refractivity contribution in [1.82, 2.24) is 4.90 Å². The average molecular weight is 378 g/mol. The summed E-state index contributed by atoms with van der Waals surface area (Å²) in [5.41, 5.74) is 1.68. The number of rotatable bonds is 7. The predicted octanol–water partition coefficient (Wildman–Crippen LogP) is 5.85. The van der Waals surface area contributed by atoms with Crippen molar-refractivity contribution in [2.24, 2.45) is 5.92 Å². The molecular weight excluding hydrogens is 342 g/mol. The van der Waals surface area contributed by atoms with Crippen LogP contribution in [0.4, 0.5) is 0 Å². The number of nitrogens with zero attached hydrogens (tertiary/aromatic N) is 1. The monoisotopic (exact) mass is 377 g/mol. The van der Waals surface area contributed by atoms with Crippen LogP contribution in [0.25, 0.3) is 0 Å². The fourth-order valence-electron chi connectivity index (χ4n) is 5.03. The Hall–Kier alpha value is -1.93. The lowest BCUT2D eigenvalue weighted by molar-refractivity contribution is -0.124. The van der Waals surface area contributed by atoms with E-state index in [0.717, 1.165) is 30.8 Å². The van der Waals surface area contributed by atoms with Gasteiger partial charge in [0.15, 0.2) is 0 Å². The molecule has 150 valence electrons. The maximum atomic E-state index is 13.6. The average Bonchev–Trinajstić information content (AvgIpc) is 2.72. The van der Waals surface area contributed by atoms with E-state index in [0.29, 0.717) is 12.2 Å². The van der Waals surface area contributed by atoms with Crippen LogP contribution in [-0.2, 0) is 10.2 Å². The number of Topliss-reactive ketones (excluding diaryl/α,β-unsaturated/α-hetero) is 1. The molecule has 0 bridgehead atoms. The molecule has 0 saturated carbocycles. The lowest BCUT2D eigenvalue weighted by atomic mass is 9.63. The van der Waals surface area contributed by atoms with Gasteiger partial charge in [-0.05, 0) is 43.0 Å². The van der Waals surface area contributed by atoms with Gasteiger partial charge in [-0.3, -0.25) is 4.79 Å². The van der Waals surface area contributed by atoms with Crippen LogP contribution in [0.5, 0.6) is 0 Å². The molecule has 0 radical (unpaired) electrons. The van der Waals surface area contributed by atoms with Gasteiger partial charge in [0.05, 0.1) is 5.41 Å². The number of carbonyl (C=O) groups is 1. The number of hydrogen-bond acceptors (Lipinski definition) is 2. The number of ketones is 1. The highest BCUT2D eigenvalue weighted by Gasteiger charge is 2.45. The molecule has 1 aliphatic heterocycles. The van der Waals surface area contributed by atoms with E-state index in [4.69, 9.17) is 0 Å². The van der Waals surface area contributed by atoms with Crippen molar-refractivity contribution in [3.63, 3.8) is 0 Å². The zero-order chi connectivity index (χ0) is 19.8. The van der Waals surface area contributed by atoms with Crippen LogP contribution < -0.4 is 0 Å². The van der Waals surface area contributed by atoms with Crippen molar-refractivity contribution in [2.45, 2.75) is 57.8 Å². The second-order valence-electron chi connectivity index (χ2n) is 8.29. The molecule has 0 aliphatic carbocycles. The quantitative estimate of drug-likeness (QED) is 0.603. The molecule has 0 unspecified atom stereocenters. The number of benzene rings is 2. The van der Waals surface area contributed by atoms with Gasteiger partial charge in [-0.25, -0.2) is 0 Å². The summed E-state index contributed by atoms with van der Waals surface area (Å²) >= 11 is 0. The molecule has 2 nitrogen and oxygen atoms in total. The summed E-state index contributed by atoms with van der Waals surface area (Å²) in [7, 11) is 0. The van der Waals surface area contributed by atoms with E-state index in [2.05, 4.69) is 60.4 Å². The van der Waals surface area contributed by atoms with Crippen LogP contribution >= 0.6 is 0 Å². The highest BCUT2D eigenvalue weighted by molar-refractivity contribution is 5.94. The molecule has 2 aromatic carbocycles. The fraction of sp³-hybridized carbons (Fsp3) is 0.500. The van der Waals surface area contributed by atoms with Crippen LogP contribution in [-0.4, -0.2) is 30.3 Å². The summed E-state index contributed by atoms with van der Waals surface area (Å²) in [5, 5.41) is 0. The summed E-state index contributed by atoms with van der Waals surface area (Å²) in [6.07, 6.45) is 7.14. The van der Waals surface area contributed by atoms with Crippen LogP contribution in [0.3, 0.4) is 0 Å². The van der Waals surface area contributed by atoms with Crippen molar-refractivity contribution < 1.29 is 4.79 Å². The number of likely N-dealkylation sites (tertiary alicyclic amines) is 1. The van der Waals surface area contributed by atoms with Gasteiger partial charge < -0.3 is 4.90 Å². The molecule has 0 amide bonds. The van der Waals surface area contributed by atoms with Gasteiger partial charge in [0.1, 0.15) is 5.78 Å². The Morgan fingerprint density at radius 1 is 0.857 bits per heavy atom. The zero-order valence-corrected chi connectivity index (χ0v) is 17.6. The smallest absolute Gasteiger partial charge is 0.147 e. The standard InChI is InChI=1S/C26H35NO/c1-3-25(28)26(23-15-9-7-10-16-23,24-17-11-8-12-18-24)22(2)21-27-19-13-5-4-6-14-20-27/h7-12,15-18,22H,3-6,13-14,19-21H2,1-2H3/t22-/m1/s1. The Balaban J connectivity index is 2.02. The van der Waals surface area contributed by atoms with E-state index in [1.807, 2.05) is 19.1 Å². The molecule has 0 N–H and O–H groups in total. The third kappa shape index (κ3) is 4.38. The minimum atomic E-state index is -0.584. The first-order chi connectivity index (χ1) is 13.7. The van der Waals surface area contributed by atoms with Crippen LogP contribution in [0.2, 0.25) is 0 Å². The first-order valence-corrected chi connectivity index (χ1v) is 11.1. The minimum Gasteiger partial charge on any atom is -0.303 e. The molecule has 1 fully saturated rings. The van der Waals surface area contributed by atoms with Crippen LogP contribution in [0.1, 0.15) is 63.5 Å². The molecular formula is C26H35NO. The molecule has 1 saturated heterocycles. The molecule has 1 aliphatic rings. The van der Waals surface area contributed by atoms with Gasteiger partial charge in [0.2, 0.25) is 0 Å². The first kappa shape index (κ1) is 20.8. The van der Waals surface area contributed by atoms with Crippen LogP contribution in [0.15, 0.2) is 60.7 Å². The van der Waals surface area contributed by atoms with E-state index in [1.165, 1.54) is 32.1 Å². The molecule has 2 aromatic rings. The topological polar surface area (TPSA) is 20.3 Å². The Labute approximate surface area is 171 Å². The Bertz CT molecular complexity index is 677. The van der Waals surface area contributed by atoms with Gasteiger partial charge in [-0.2, -0.15) is 0 Å². The lowest BCUT2D eigenvalue weighted by Crippen LogP contribution is -2.48. The predicted molar refractivity (Wildman–Crippen MR) is 118 cm³/mol. The third-order valence-electron chi connectivity index (χ3n) is 6.44. The van der Waals surface area contributed by atoms with Crippen molar-refractivity contribution in [3.8, 4) is 0 Å². The van der Waals surface area contributed by atoms with E-state index in [9.17, 15) is 4.79 Å². The molecule has 28 heavy (non-hydrogen) atoms. The summed E-state index contributed by atoms with van der Waals surface area (Å²) < 4.78 is 0. The van der Waals surface area contributed by atoms with Crippen molar-refractivity contribution >= 4 is 5.78 Å². The summed E-state index contributed by atoms with van der Waals surface area (Å²) in [4.78, 5) is 16.2. The lowest BCUT2D eigenvalue weighted by Gasteiger charge is -2.41. The summed E-state index contributed by atoms with van der Waals surface area (Å²) in [5.74, 6) is 0.536. The zero-order valence-electron chi connectivity index (χ0n) is 17.6. The van der Waals surface area contributed by atoms with Gasteiger partial charge >= 0.3 is 0 Å². The Kier molecular flexibility index (Phi) is 7.44. The number of carbonyl (C=O) groups excluding carboxylic acids is 1. The van der Waals surface area contributed by atoms with Gasteiger partial charge in [0, 0.05) is 13.0 Å². The van der Waals surface area contributed by atoms with Crippen LogP contribution in [0, 0.1) is 5.92 Å². The summed E-state index contributed by atoms with van der Waals surface area (Å²) in [6, 6.07) is 20.9. The highest BCUT2D eigenvalue weighted by Crippen LogP contribution is 2.41. The maximum Gasteiger partial charge on any atom is 0.147 e. The van der Waals surface area contributed by atoms with Gasteiger partial charge in [0.25, 0.3) is 0 Å². The summed E-state index contributed by atoms with van der Waals surface area (Å²) in [6.45, 7) is 7.57. The van der Waals surface area contributed by atoms with E-state index in [1.54, 1.807) is 0 Å². The second kappa shape index (κ2) is 10.0. The largest absolute Gasteiger partial charge is 0.303 e. The van der Waals surface area contributed by atoms with Gasteiger partial charge in [-0.1, -0.05) is 93.8 Å². The molecule has 0 spiro atoms. The molecule has 1 heterocycles. The Morgan fingerprint density at radius 2 is 1.32 bits per heavy atom. The van der Waals surface area contributed by atoms with E-state index < -0.39 is 5.41 Å². The van der Waals surface area contributed by atoms with E-state index >= 15 is 0 Å². The van der Waals surface area contributed by atoms with Crippen molar-refractivity contribution in [1.29, 1.82) is 0 Å². The Morgan fingerprint density at radius 3 is 1.79 bits per heavy atom. The second-order valence-corrected chi connectivity index (χ2v) is 8.29. The van der Waals surface area contributed by atoms with Crippen molar-refractivity contribution in [2.75, 3.05) is 19.6 Å². The number of hydrogen-bond donors (Lipinski definition) is 0. The molecule has 1 atom stereocenters. The third-order valence-corrected chi connectivity index (χ3v) is 6.44. The molecule has 3 rings (SSSR count). The maximum absolute atomic E-state index is 13.6. The highest BCUT2D eigenvalue weighted by atomic mass is 16.1. The fourth-order valence-corrected chi connectivity index (χ4v) is 5.03. The van der Waals surface area contributed by atoms with E-state index in [-0.39, 0.29) is 5.92 Å². The molecule has 2 heteroatoms. The van der Waals surface area contributed by atoms with Gasteiger partial charge in [-0.15, -0.1) is 0 Å². The molecule has 0 aromatic heterocycles. The normalized spacial score (nSPS) is 17.5.